The number of carbonyl (C=O) groups is 2. The second kappa shape index (κ2) is 10.6. The molecule has 2 fully saturated rings. The third-order valence-corrected chi connectivity index (χ3v) is 7.40. The van der Waals surface area contributed by atoms with Crippen LogP contribution in [0.4, 0.5) is 10.5 Å². The van der Waals surface area contributed by atoms with E-state index in [-0.39, 0.29) is 17.4 Å². The fourth-order valence-corrected chi connectivity index (χ4v) is 5.21. The molecular weight excluding hydrogens is 470 g/mol. The van der Waals surface area contributed by atoms with Gasteiger partial charge in [0.25, 0.3) is 0 Å². The Morgan fingerprint density at radius 1 is 0.943 bits per heavy atom. The molecule has 0 radical (unpaired) electrons. The summed E-state index contributed by atoms with van der Waals surface area (Å²) in [5, 5.41) is 3.32. The number of likely N-dealkylation sites (tertiary alicyclic amines) is 2. The van der Waals surface area contributed by atoms with E-state index in [0.29, 0.717) is 54.8 Å². The van der Waals surface area contributed by atoms with Crippen LogP contribution >= 0.6 is 11.6 Å². The number of hydrogen-bond donors (Lipinski definition) is 1. The molecule has 4 rings (SSSR count). The second-order valence-corrected chi connectivity index (χ2v) is 9.61. The third kappa shape index (κ3) is 5.59. The summed E-state index contributed by atoms with van der Waals surface area (Å²) in [7, 11) is 4.69. The van der Waals surface area contributed by atoms with Gasteiger partial charge in [-0.15, -0.1) is 0 Å². The zero-order valence-corrected chi connectivity index (χ0v) is 21.2. The van der Waals surface area contributed by atoms with Crippen molar-refractivity contribution in [2.45, 2.75) is 25.7 Å². The molecule has 0 saturated carbocycles. The predicted octanol–water partition coefficient (Wildman–Crippen LogP) is 4.45. The molecule has 0 aliphatic carbocycles. The molecule has 2 aromatic carbocycles. The third-order valence-electron chi connectivity index (χ3n) is 7.11. The second-order valence-electron chi connectivity index (χ2n) is 9.20. The summed E-state index contributed by atoms with van der Waals surface area (Å²) in [5.74, 6) is 1.85. The molecule has 2 saturated heterocycles. The summed E-state index contributed by atoms with van der Waals surface area (Å²) in [6.45, 7) is 2.76. The van der Waals surface area contributed by atoms with Crippen LogP contribution in [-0.4, -0.2) is 69.2 Å². The number of amides is 3. The molecule has 2 aliphatic rings. The minimum Gasteiger partial charge on any atom is -0.497 e. The number of halogens is 1. The van der Waals surface area contributed by atoms with E-state index in [9.17, 15) is 9.59 Å². The molecule has 0 aromatic heterocycles. The number of methoxy groups -OCH3 is 3. The van der Waals surface area contributed by atoms with E-state index in [4.69, 9.17) is 25.8 Å². The Morgan fingerprint density at radius 3 is 2.29 bits per heavy atom. The van der Waals surface area contributed by atoms with Crippen molar-refractivity contribution in [1.29, 1.82) is 0 Å². The number of nitrogens with one attached hydrogen (secondary N) is 1. The van der Waals surface area contributed by atoms with Crippen molar-refractivity contribution in [3.63, 3.8) is 0 Å². The molecule has 35 heavy (non-hydrogen) atoms. The van der Waals surface area contributed by atoms with Gasteiger partial charge in [-0.05, 0) is 48.4 Å². The zero-order chi connectivity index (χ0) is 25.0. The van der Waals surface area contributed by atoms with Gasteiger partial charge >= 0.3 is 6.03 Å². The molecule has 8 nitrogen and oxygen atoms in total. The topological polar surface area (TPSA) is 80.3 Å². The summed E-state index contributed by atoms with van der Waals surface area (Å²) in [4.78, 5) is 29.7. The lowest BCUT2D eigenvalue weighted by atomic mass is 9.77. The van der Waals surface area contributed by atoms with Crippen molar-refractivity contribution >= 4 is 29.2 Å². The highest BCUT2D eigenvalue weighted by Crippen LogP contribution is 2.41. The first-order chi connectivity index (χ1) is 16.9. The molecule has 0 bridgehead atoms. The summed E-state index contributed by atoms with van der Waals surface area (Å²) >= 11 is 6.24. The molecule has 0 atom stereocenters. The summed E-state index contributed by atoms with van der Waals surface area (Å²) < 4.78 is 15.9. The highest BCUT2D eigenvalue weighted by molar-refractivity contribution is 6.32. The maximum atomic E-state index is 13.0. The number of carbonyl (C=O) groups excluding carboxylic acids is 2. The van der Waals surface area contributed by atoms with Gasteiger partial charge in [0.15, 0.2) is 0 Å². The molecule has 9 heteroatoms. The smallest absolute Gasteiger partial charge is 0.321 e. The van der Waals surface area contributed by atoms with Gasteiger partial charge in [0.1, 0.15) is 17.2 Å². The number of ether oxygens (including phenoxy) is 3. The lowest BCUT2D eigenvalue weighted by Gasteiger charge is -2.39. The number of piperidine rings is 1. The zero-order valence-electron chi connectivity index (χ0n) is 20.4. The number of nitrogens with zero attached hydrogens (tertiary/aromatic N) is 2. The maximum absolute atomic E-state index is 13.0. The molecular formula is C26H32ClN3O5. The van der Waals surface area contributed by atoms with Gasteiger partial charge in [0, 0.05) is 32.2 Å². The van der Waals surface area contributed by atoms with E-state index in [1.54, 1.807) is 19.2 Å². The Morgan fingerprint density at radius 2 is 1.63 bits per heavy atom. The highest BCUT2D eigenvalue weighted by atomic mass is 35.5. The quantitative estimate of drug-likeness (QED) is 0.632. The minimum absolute atomic E-state index is 0.0473. The van der Waals surface area contributed by atoms with Crippen molar-refractivity contribution in [3.8, 4) is 17.2 Å². The number of anilines is 1. The summed E-state index contributed by atoms with van der Waals surface area (Å²) in [6, 6.07) is 10.7. The number of benzene rings is 2. The molecule has 3 amide bonds. The Kier molecular flexibility index (Phi) is 7.60. The SMILES string of the molecule is COc1cccc(CC(=O)N2CCC3(CC2)CCN(C(=O)Nc2cc(Cl)c(OC)cc2OC)C3)c1. The average molecular weight is 502 g/mol. The van der Waals surface area contributed by atoms with E-state index in [2.05, 4.69) is 5.32 Å². The van der Waals surface area contributed by atoms with Crippen molar-refractivity contribution in [2.24, 2.45) is 5.41 Å². The van der Waals surface area contributed by atoms with Crippen LogP contribution in [0.3, 0.4) is 0 Å². The van der Waals surface area contributed by atoms with Crippen LogP contribution < -0.4 is 19.5 Å². The lowest BCUT2D eigenvalue weighted by molar-refractivity contribution is -0.132. The monoisotopic (exact) mass is 501 g/mol. The Balaban J connectivity index is 1.32. The van der Waals surface area contributed by atoms with Crippen LogP contribution in [0.25, 0.3) is 0 Å². The van der Waals surface area contributed by atoms with Crippen molar-refractivity contribution < 1.29 is 23.8 Å². The van der Waals surface area contributed by atoms with Crippen molar-refractivity contribution in [1.82, 2.24) is 9.80 Å². The number of hydrogen-bond acceptors (Lipinski definition) is 5. The van der Waals surface area contributed by atoms with Crippen LogP contribution in [0.2, 0.25) is 5.02 Å². The van der Waals surface area contributed by atoms with Crippen LogP contribution in [0, 0.1) is 5.41 Å². The molecule has 0 unspecified atom stereocenters. The Hall–Kier alpha value is -3.13. The van der Waals surface area contributed by atoms with Gasteiger partial charge in [-0.2, -0.15) is 0 Å². The Bertz CT molecular complexity index is 1080. The number of rotatable bonds is 6. The van der Waals surface area contributed by atoms with Crippen molar-refractivity contribution in [3.05, 3.63) is 47.0 Å². The summed E-state index contributed by atoms with van der Waals surface area (Å²) in [5.41, 5.74) is 1.50. The molecule has 2 aliphatic heterocycles. The standard InChI is InChI=1S/C26H32ClN3O5/c1-33-19-6-4-5-18(13-19)14-24(31)29-10-7-26(8-11-29)9-12-30(17-26)25(32)28-21-15-20(27)22(34-2)16-23(21)35-3/h4-6,13,15-16H,7-12,14,17H2,1-3H3,(H,28,32). The molecule has 2 aromatic rings. The molecule has 1 N–H and O–H groups in total. The van der Waals surface area contributed by atoms with E-state index < -0.39 is 0 Å². The van der Waals surface area contributed by atoms with E-state index in [1.807, 2.05) is 34.1 Å². The predicted molar refractivity (Wildman–Crippen MR) is 135 cm³/mol. The largest absolute Gasteiger partial charge is 0.497 e. The van der Waals surface area contributed by atoms with Crippen LogP contribution in [0.5, 0.6) is 17.2 Å². The summed E-state index contributed by atoms with van der Waals surface area (Å²) in [6.07, 6.45) is 3.07. The van der Waals surface area contributed by atoms with E-state index in [1.165, 1.54) is 14.2 Å². The lowest BCUT2D eigenvalue weighted by Crippen LogP contribution is -2.45. The van der Waals surface area contributed by atoms with E-state index in [0.717, 1.165) is 30.6 Å². The van der Waals surface area contributed by atoms with Crippen LogP contribution in [-0.2, 0) is 11.2 Å². The first kappa shape index (κ1) is 25.0. The first-order valence-corrected chi connectivity index (χ1v) is 12.1. The van der Waals surface area contributed by atoms with Gasteiger partial charge < -0.3 is 29.3 Å². The Labute approximate surface area is 211 Å². The van der Waals surface area contributed by atoms with Gasteiger partial charge in [0.2, 0.25) is 5.91 Å². The molecule has 188 valence electrons. The molecule has 1 spiro atoms. The van der Waals surface area contributed by atoms with Gasteiger partial charge in [-0.3, -0.25) is 4.79 Å². The van der Waals surface area contributed by atoms with E-state index >= 15 is 0 Å². The van der Waals surface area contributed by atoms with Crippen molar-refractivity contribution in [2.75, 3.05) is 52.8 Å². The highest BCUT2D eigenvalue weighted by Gasteiger charge is 2.42. The van der Waals surface area contributed by atoms with Gasteiger partial charge in [0.05, 0.1) is 38.5 Å². The van der Waals surface area contributed by atoms with Crippen LogP contribution in [0.1, 0.15) is 24.8 Å². The van der Waals surface area contributed by atoms with Crippen LogP contribution in [0.15, 0.2) is 36.4 Å². The van der Waals surface area contributed by atoms with Gasteiger partial charge in [-0.25, -0.2) is 4.79 Å². The molecule has 2 heterocycles. The fourth-order valence-electron chi connectivity index (χ4n) is 4.97. The van der Waals surface area contributed by atoms with Gasteiger partial charge in [-0.1, -0.05) is 23.7 Å². The first-order valence-electron chi connectivity index (χ1n) is 11.7. The number of urea groups is 1. The average Bonchev–Trinajstić information content (AvgIpc) is 3.28. The minimum atomic E-state index is -0.182. The maximum Gasteiger partial charge on any atom is 0.321 e. The fraction of sp³-hybridized carbons (Fsp3) is 0.462. The normalized spacial score (nSPS) is 16.8.